The number of anilines is 1. The van der Waals surface area contributed by atoms with E-state index in [-0.39, 0.29) is 5.91 Å². The van der Waals surface area contributed by atoms with Crippen molar-refractivity contribution in [1.29, 1.82) is 0 Å². The van der Waals surface area contributed by atoms with Crippen LogP contribution in [0.15, 0.2) is 18.2 Å². The summed E-state index contributed by atoms with van der Waals surface area (Å²) in [6, 6.07) is 5.68. The summed E-state index contributed by atoms with van der Waals surface area (Å²) in [4.78, 5) is 14.5. The molecule has 2 N–H and O–H groups in total. The highest BCUT2D eigenvalue weighted by Crippen LogP contribution is 2.30. The fourth-order valence-corrected chi connectivity index (χ4v) is 2.20. The van der Waals surface area contributed by atoms with Crippen molar-refractivity contribution in [3.05, 3.63) is 29.3 Å². The van der Waals surface area contributed by atoms with Crippen LogP contribution in [0.1, 0.15) is 42.1 Å². The maximum atomic E-state index is 12.5. The van der Waals surface area contributed by atoms with Crippen LogP contribution in [0.5, 0.6) is 0 Å². The second-order valence-corrected chi connectivity index (χ2v) is 5.23. The van der Waals surface area contributed by atoms with E-state index in [1.165, 1.54) is 12.8 Å². The molecule has 0 heterocycles. The van der Waals surface area contributed by atoms with Crippen molar-refractivity contribution in [3.63, 3.8) is 0 Å². The molecule has 0 bridgehead atoms. The zero-order valence-corrected chi connectivity index (χ0v) is 11.3. The maximum absolute atomic E-state index is 12.5. The van der Waals surface area contributed by atoms with Crippen LogP contribution in [0.3, 0.4) is 0 Å². The lowest BCUT2D eigenvalue weighted by Crippen LogP contribution is -2.34. The molecule has 98 valence electrons. The molecular formula is C15H22N2O. The fraction of sp³-hybridized carbons (Fsp3) is 0.533. The minimum absolute atomic E-state index is 0.0879. The molecule has 1 aromatic rings. The van der Waals surface area contributed by atoms with Gasteiger partial charge in [0.05, 0.1) is 5.56 Å². The number of hydrogen-bond acceptors (Lipinski definition) is 2. The van der Waals surface area contributed by atoms with E-state index in [9.17, 15) is 4.79 Å². The van der Waals surface area contributed by atoms with Crippen LogP contribution < -0.4 is 5.73 Å². The Morgan fingerprint density at radius 3 is 2.78 bits per heavy atom. The van der Waals surface area contributed by atoms with E-state index in [1.54, 1.807) is 0 Å². The van der Waals surface area contributed by atoms with Crippen molar-refractivity contribution in [3.8, 4) is 0 Å². The third-order valence-corrected chi connectivity index (χ3v) is 3.51. The molecule has 1 saturated carbocycles. The summed E-state index contributed by atoms with van der Waals surface area (Å²) in [5.41, 5.74) is 8.27. The molecular weight excluding hydrogens is 224 g/mol. The van der Waals surface area contributed by atoms with Gasteiger partial charge in [-0.05, 0) is 43.7 Å². The van der Waals surface area contributed by atoms with Crippen LogP contribution in [0, 0.1) is 12.8 Å². The summed E-state index contributed by atoms with van der Waals surface area (Å²) in [5, 5.41) is 0. The number of nitrogens with two attached hydrogens (primary N) is 1. The molecule has 0 saturated heterocycles. The SMILES string of the molecule is CCCN(CC1CC1)C(=O)c1cccc(C)c1N. The Balaban J connectivity index is 2.17. The normalized spacial score (nSPS) is 14.6. The van der Waals surface area contributed by atoms with Crippen molar-refractivity contribution >= 4 is 11.6 Å². The molecule has 3 nitrogen and oxygen atoms in total. The quantitative estimate of drug-likeness (QED) is 0.812. The largest absolute Gasteiger partial charge is 0.398 e. The van der Waals surface area contributed by atoms with Gasteiger partial charge in [0, 0.05) is 18.8 Å². The first kappa shape index (κ1) is 12.9. The lowest BCUT2D eigenvalue weighted by atomic mass is 10.1. The molecule has 18 heavy (non-hydrogen) atoms. The monoisotopic (exact) mass is 246 g/mol. The van der Waals surface area contributed by atoms with E-state index >= 15 is 0 Å². The first-order valence-corrected chi connectivity index (χ1v) is 6.77. The van der Waals surface area contributed by atoms with E-state index < -0.39 is 0 Å². The van der Waals surface area contributed by atoms with Crippen molar-refractivity contribution < 1.29 is 4.79 Å². The van der Waals surface area contributed by atoms with E-state index in [0.717, 1.165) is 25.1 Å². The molecule has 1 aliphatic rings. The third kappa shape index (κ3) is 2.84. The Morgan fingerprint density at radius 1 is 1.44 bits per heavy atom. The second kappa shape index (κ2) is 5.42. The number of nitrogens with zero attached hydrogens (tertiary/aromatic N) is 1. The fourth-order valence-electron chi connectivity index (χ4n) is 2.20. The number of amides is 1. The van der Waals surface area contributed by atoms with Crippen molar-refractivity contribution in [1.82, 2.24) is 4.90 Å². The Labute approximate surface area is 109 Å². The van der Waals surface area contributed by atoms with Gasteiger partial charge in [-0.2, -0.15) is 0 Å². The molecule has 0 aliphatic heterocycles. The molecule has 0 spiro atoms. The zero-order chi connectivity index (χ0) is 13.1. The van der Waals surface area contributed by atoms with Gasteiger partial charge in [0.25, 0.3) is 5.91 Å². The minimum atomic E-state index is 0.0879. The molecule has 1 amide bonds. The lowest BCUT2D eigenvalue weighted by molar-refractivity contribution is 0.0748. The molecule has 0 atom stereocenters. The van der Waals surface area contributed by atoms with Gasteiger partial charge in [0.1, 0.15) is 0 Å². The van der Waals surface area contributed by atoms with Crippen LogP contribution >= 0.6 is 0 Å². The Morgan fingerprint density at radius 2 is 2.17 bits per heavy atom. The lowest BCUT2D eigenvalue weighted by Gasteiger charge is -2.23. The third-order valence-electron chi connectivity index (χ3n) is 3.51. The molecule has 1 fully saturated rings. The number of benzene rings is 1. The maximum Gasteiger partial charge on any atom is 0.255 e. The van der Waals surface area contributed by atoms with Gasteiger partial charge in [0.2, 0.25) is 0 Å². The highest BCUT2D eigenvalue weighted by atomic mass is 16.2. The molecule has 2 rings (SSSR count). The van der Waals surface area contributed by atoms with Crippen LogP contribution in [-0.2, 0) is 0 Å². The van der Waals surface area contributed by atoms with Crippen LogP contribution in [0.2, 0.25) is 0 Å². The minimum Gasteiger partial charge on any atom is -0.398 e. The van der Waals surface area contributed by atoms with Gasteiger partial charge >= 0.3 is 0 Å². The summed E-state index contributed by atoms with van der Waals surface area (Å²) in [6.45, 7) is 5.76. The molecule has 3 heteroatoms. The van der Waals surface area contributed by atoms with Gasteiger partial charge in [0.15, 0.2) is 0 Å². The van der Waals surface area contributed by atoms with E-state index in [4.69, 9.17) is 5.73 Å². The van der Waals surface area contributed by atoms with Gasteiger partial charge in [-0.25, -0.2) is 0 Å². The van der Waals surface area contributed by atoms with Crippen molar-refractivity contribution in [2.45, 2.75) is 33.1 Å². The van der Waals surface area contributed by atoms with Gasteiger partial charge in [-0.15, -0.1) is 0 Å². The average molecular weight is 246 g/mol. The molecule has 0 aromatic heterocycles. The first-order chi connectivity index (χ1) is 8.63. The highest BCUT2D eigenvalue weighted by molar-refractivity contribution is 5.99. The molecule has 1 aromatic carbocycles. The number of nitrogen functional groups attached to an aromatic ring is 1. The highest BCUT2D eigenvalue weighted by Gasteiger charge is 2.27. The van der Waals surface area contributed by atoms with E-state index in [0.29, 0.717) is 17.2 Å². The number of carbonyl (C=O) groups is 1. The Bertz CT molecular complexity index is 438. The number of rotatable bonds is 5. The number of hydrogen-bond donors (Lipinski definition) is 1. The van der Waals surface area contributed by atoms with Crippen molar-refractivity contribution in [2.24, 2.45) is 5.92 Å². The Kier molecular flexibility index (Phi) is 3.90. The smallest absolute Gasteiger partial charge is 0.255 e. The molecule has 0 unspecified atom stereocenters. The second-order valence-electron chi connectivity index (χ2n) is 5.23. The van der Waals surface area contributed by atoms with Gasteiger partial charge in [-0.1, -0.05) is 19.1 Å². The zero-order valence-electron chi connectivity index (χ0n) is 11.3. The number of aryl methyl sites for hydroxylation is 1. The number of carbonyl (C=O) groups excluding carboxylic acids is 1. The molecule has 1 aliphatic carbocycles. The first-order valence-electron chi connectivity index (χ1n) is 6.77. The summed E-state index contributed by atoms with van der Waals surface area (Å²) in [5.74, 6) is 0.802. The summed E-state index contributed by atoms with van der Waals surface area (Å²) < 4.78 is 0. The number of para-hydroxylation sites is 1. The predicted molar refractivity (Wildman–Crippen MR) is 74.5 cm³/mol. The van der Waals surface area contributed by atoms with Crippen molar-refractivity contribution in [2.75, 3.05) is 18.8 Å². The Hall–Kier alpha value is -1.51. The topological polar surface area (TPSA) is 46.3 Å². The summed E-state index contributed by atoms with van der Waals surface area (Å²) in [6.07, 6.45) is 3.51. The van der Waals surface area contributed by atoms with Crippen LogP contribution in [0.25, 0.3) is 0 Å². The van der Waals surface area contributed by atoms with Gasteiger partial charge < -0.3 is 10.6 Å². The van der Waals surface area contributed by atoms with Crippen LogP contribution in [-0.4, -0.2) is 23.9 Å². The average Bonchev–Trinajstić information content (AvgIpc) is 3.15. The summed E-state index contributed by atoms with van der Waals surface area (Å²) in [7, 11) is 0. The van der Waals surface area contributed by atoms with Gasteiger partial charge in [-0.3, -0.25) is 4.79 Å². The van der Waals surface area contributed by atoms with Crippen LogP contribution in [0.4, 0.5) is 5.69 Å². The standard InChI is InChI=1S/C15H22N2O/c1-3-9-17(10-12-7-8-12)15(18)13-6-4-5-11(2)14(13)16/h4-6,12H,3,7-10,16H2,1-2H3. The molecule has 0 radical (unpaired) electrons. The van der Waals surface area contributed by atoms with E-state index in [2.05, 4.69) is 6.92 Å². The summed E-state index contributed by atoms with van der Waals surface area (Å²) >= 11 is 0. The van der Waals surface area contributed by atoms with E-state index in [1.807, 2.05) is 30.0 Å². The predicted octanol–water partition coefficient (Wildman–Crippen LogP) is 2.84.